The van der Waals surface area contributed by atoms with Gasteiger partial charge < -0.3 is 10.1 Å². The average molecular weight is 238 g/mol. The molecule has 0 spiro atoms. The van der Waals surface area contributed by atoms with Gasteiger partial charge in [-0.15, -0.1) is 17.0 Å². The van der Waals surface area contributed by atoms with Gasteiger partial charge in [0.2, 0.25) is 0 Å². The van der Waals surface area contributed by atoms with Crippen LogP contribution in [0, 0.1) is 5.92 Å². The summed E-state index contributed by atoms with van der Waals surface area (Å²) in [4.78, 5) is 9.81. The van der Waals surface area contributed by atoms with Crippen molar-refractivity contribution >= 4 is 23.5 Å². The highest BCUT2D eigenvalue weighted by atomic mass is 79.9. The standard InChI is InChI=1S/C8H15NO2.BrH/c10-7-11-6-3-8-1-4-9-5-2-8;/h7-9H,1-6H2;1H. The zero-order chi connectivity index (χ0) is 7.94. The maximum Gasteiger partial charge on any atom is 0.293 e. The van der Waals surface area contributed by atoms with Crippen molar-refractivity contribution in [2.45, 2.75) is 19.3 Å². The number of carbonyl (C=O) groups excluding carboxylic acids is 1. The van der Waals surface area contributed by atoms with Crippen LogP contribution < -0.4 is 5.32 Å². The fourth-order valence-electron chi connectivity index (χ4n) is 1.45. The lowest BCUT2D eigenvalue weighted by atomic mass is 9.95. The molecule has 0 amide bonds. The zero-order valence-electron chi connectivity index (χ0n) is 7.12. The molecule has 0 aliphatic carbocycles. The fourth-order valence-corrected chi connectivity index (χ4v) is 1.45. The molecule has 0 atom stereocenters. The molecule has 0 saturated carbocycles. The number of ether oxygens (including phenoxy) is 1. The topological polar surface area (TPSA) is 38.3 Å². The predicted octanol–water partition coefficient (Wildman–Crippen LogP) is 1.13. The van der Waals surface area contributed by atoms with E-state index in [-0.39, 0.29) is 17.0 Å². The summed E-state index contributed by atoms with van der Waals surface area (Å²) in [6.07, 6.45) is 3.48. The van der Waals surface area contributed by atoms with E-state index in [4.69, 9.17) is 0 Å². The molecule has 0 unspecified atom stereocenters. The highest BCUT2D eigenvalue weighted by Gasteiger charge is 2.11. The van der Waals surface area contributed by atoms with Gasteiger partial charge in [-0.05, 0) is 38.3 Å². The average Bonchev–Trinajstić information content (AvgIpc) is 2.07. The van der Waals surface area contributed by atoms with Gasteiger partial charge in [0.15, 0.2) is 0 Å². The predicted molar refractivity (Wildman–Crippen MR) is 52.5 cm³/mol. The summed E-state index contributed by atoms with van der Waals surface area (Å²) >= 11 is 0. The molecule has 1 N–H and O–H groups in total. The molecular weight excluding hydrogens is 222 g/mol. The molecule has 0 aromatic carbocycles. The van der Waals surface area contributed by atoms with E-state index in [9.17, 15) is 4.79 Å². The Morgan fingerprint density at radius 1 is 1.42 bits per heavy atom. The van der Waals surface area contributed by atoms with Crippen molar-refractivity contribution in [3.8, 4) is 0 Å². The van der Waals surface area contributed by atoms with E-state index in [0.717, 1.165) is 25.4 Å². The third-order valence-electron chi connectivity index (χ3n) is 2.17. The molecule has 1 aliphatic rings. The minimum absolute atomic E-state index is 0. The monoisotopic (exact) mass is 237 g/mol. The molecule has 0 aromatic heterocycles. The Morgan fingerprint density at radius 3 is 2.67 bits per heavy atom. The van der Waals surface area contributed by atoms with E-state index < -0.39 is 0 Å². The minimum atomic E-state index is 0. The van der Waals surface area contributed by atoms with E-state index >= 15 is 0 Å². The van der Waals surface area contributed by atoms with Crippen LogP contribution in [0.3, 0.4) is 0 Å². The second kappa shape index (κ2) is 7.55. The first-order chi connectivity index (χ1) is 5.43. The molecule has 1 aliphatic heterocycles. The first-order valence-electron chi connectivity index (χ1n) is 4.19. The molecule has 1 rings (SSSR count). The van der Waals surface area contributed by atoms with E-state index in [1.807, 2.05) is 0 Å². The third kappa shape index (κ3) is 4.72. The number of hydrogen-bond acceptors (Lipinski definition) is 3. The van der Waals surface area contributed by atoms with E-state index in [0.29, 0.717) is 13.1 Å². The molecule has 0 radical (unpaired) electrons. The maximum absolute atomic E-state index is 9.81. The Labute approximate surface area is 83.6 Å². The molecule has 0 bridgehead atoms. The maximum atomic E-state index is 9.81. The van der Waals surface area contributed by atoms with Gasteiger partial charge in [-0.2, -0.15) is 0 Å². The number of nitrogens with one attached hydrogen (secondary N) is 1. The number of piperidine rings is 1. The van der Waals surface area contributed by atoms with Crippen molar-refractivity contribution in [2.24, 2.45) is 5.92 Å². The molecule has 72 valence electrons. The number of rotatable bonds is 4. The van der Waals surface area contributed by atoms with Crippen molar-refractivity contribution in [3.05, 3.63) is 0 Å². The summed E-state index contributed by atoms with van der Waals surface area (Å²) < 4.78 is 4.64. The lowest BCUT2D eigenvalue weighted by molar-refractivity contribution is -0.129. The van der Waals surface area contributed by atoms with Crippen molar-refractivity contribution in [1.82, 2.24) is 5.32 Å². The minimum Gasteiger partial charge on any atom is -0.468 e. The molecule has 12 heavy (non-hydrogen) atoms. The Hall–Kier alpha value is -0.0900. The third-order valence-corrected chi connectivity index (χ3v) is 2.17. The van der Waals surface area contributed by atoms with Gasteiger partial charge >= 0.3 is 0 Å². The second-order valence-electron chi connectivity index (χ2n) is 2.95. The lowest BCUT2D eigenvalue weighted by Gasteiger charge is -2.21. The van der Waals surface area contributed by atoms with Crippen LogP contribution >= 0.6 is 17.0 Å². The number of halogens is 1. The Kier molecular flexibility index (Phi) is 7.50. The lowest BCUT2D eigenvalue weighted by Crippen LogP contribution is -2.28. The summed E-state index contributed by atoms with van der Waals surface area (Å²) in [6.45, 7) is 3.35. The van der Waals surface area contributed by atoms with E-state index in [1.54, 1.807) is 0 Å². The number of carbonyl (C=O) groups is 1. The normalized spacial score (nSPS) is 18.0. The molecular formula is C8H16BrNO2. The van der Waals surface area contributed by atoms with Crippen molar-refractivity contribution in [2.75, 3.05) is 19.7 Å². The largest absolute Gasteiger partial charge is 0.468 e. The summed E-state index contributed by atoms with van der Waals surface area (Å²) in [5.41, 5.74) is 0. The van der Waals surface area contributed by atoms with Gasteiger partial charge in [0.25, 0.3) is 6.47 Å². The molecule has 3 nitrogen and oxygen atoms in total. The van der Waals surface area contributed by atoms with Crippen LogP contribution in [-0.4, -0.2) is 26.2 Å². The van der Waals surface area contributed by atoms with Gasteiger partial charge in [0.05, 0.1) is 6.61 Å². The molecule has 1 heterocycles. The Bertz CT molecular complexity index is 116. The molecule has 0 aromatic rings. The van der Waals surface area contributed by atoms with Crippen LogP contribution in [-0.2, 0) is 9.53 Å². The first kappa shape index (κ1) is 11.9. The molecule has 1 saturated heterocycles. The van der Waals surface area contributed by atoms with Crippen LogP contribution in [0.4, 0.5) is 0 Å². The van der Waals surface area contributed by atoms with Gasteiger partial charge in [-0.3, -0.25) is 4.79 Å². The highest BCUT2D eigenvalue weighted by molar-refractivity contribution is 8.93. The first-order valence-corrected chi connectivity index (χ1v) is 4.19. The molecule has 1 fully saturated rings. The van der Waals surface area contributed by atoms with E-state index in [2.05, 4.69) is 10.1 Å². The second-order valence-corrected chi connectivity index (χ2v) is 2.95. The van der Waals surface area contributed by atoms with Crippen LogP contribution in [0.1, 0.15) is 19.3 Å². The molecule has 4 heteroatoms. The van der Waals surface area contributed by atoms with Crippen LogP contribution in [0.2, 0.25) is 0 Å². The zero-order valence-corrected chi connectivity index (χ0v) is 8.84. The van der Waals surface area contributed by atoms with E-state index in [1.165, 1.54) is 12.8 Å². The fraction of sp³-hybridized carbons (Fsp3) is 0.875. The van der Waals surface area contributed by atoms with Crippen LogP contribution in [0.5, 0.6) is 0 Å². The summed E-state index contributed by atoms with van der Waals surface area (Å²) in [6, 6.07) is 0. The SMILES string of the molecule is Br.O=COCCC1CCNCC1. The number of hydrogen-bond donors (Lipinski definition) is 1. The Morgan fingerprint density at radius 2 is 2.08 bits per heavy atom. The quantitative estimate of drug-likeness (QED) is 0.589. The summed E-state index contributed by atoms with van der Waals surface area (Å²) in [7, 11) is 0. The van der Waals surface area contributed by atoms with Gasteiger partial charge in [0.1, 0.15) is 0 Å². The smallest absolute Gasteiger partial charge is 0.293 e. The Balaban J connectivity index is 0.00000121. The highest BCUT2D eigenvalue weighted by Crippen LogP contribution is 2.15. The van der Waals surface area contributed by atoms with Gasteiger partial charge in [-0.25, -0.2) is 0 Å². The van der Waals surface area contributed by atoms with Crippen molar-refractivity contribution < 1.29 is 9.53 Å². The van der Waals surface area contributed by atoms with Crippen molar-refractivity contribution in [3.63, 3.8) is 0 Å². The van der Waals surface area contributed by atoms with Crippen LogP contribution in [0.25, 0.3) is 0 Å². The van der Waals surface area contributed by atoms with Gasteiger partial charge in [0, 0.05) is 0 Å². The van der Waals surface area contributed by atoms with Gasteiger partial charge in [-0.1, -0.05) is 0 Å². The summed E-state index contributed by atoms with van der Waals surface area (Å²) in [5, 5.41) is 3.29. The van der Waals surface area contributed by atoms with Crippen LogP contribution in [0.15, 0.2) is 0 Å². The summed E-state index contributed by atoms with van der Waals surface area (Å²) in [5.74, 6) is 0.760. The van der Waals surface area contributed by atoms with Crippen molar-refractivity contribution in [1.29, 1.82) is 0 Å².